The second-order valence-electron chi connectivity index (χ2n) is 6.02. The summed E-state index contributed by atoms with van der Waals surface area (Å²) in [6.07, 6.45) is 1.58. The molecule has 0 spiro atoms. The van der Waals surface area contributed by atoms with Gasteiger partial charge in [0.05, 0.1) is 19.9 Å². The van der Waals surface area contributed by atoms with Crippen LogP contribution in [0.2, 0.25) is 0 Å². The van der Waals surface area contributed by atoms with Crippen LogP contribution < -0.4 is 9.47 Å². The standard InChI is InChI=1S/C21H20N2O5/c1-14(24)13-28-21(25)18-12-23(15-7-5-4-6-8-15)22-20(18)17-11-16(26-2)9-10-19(17)27-3/h4-12H,13H2,1-3H3. The minimum absolute atomic E-state index is 0.219. The molecule has 7 nitrogen and oxygen atoms in total. The third-order valence-corrected chi connectivity index (χ3v) is 4.02. The Kier molecular flexibility index (Phi) is 5.74. The lowest BCUT2D eigenvalue weighted by molar-refractivity contribution is -0.120. The molecule has 1 aromatic heterocycles. The van der Waals surface area contributed by atoms with Crippen molar-refractivity contribution in [2.75, 3.05) is 20.8 Å². The largest absolute Gasteiger partial charge is 0.497 e. The third kappa shape index (κ3) is 4.03. The Morgan fingerprint density at radius 3 is 2.43 bits per heavy atom. The zero-order chi connectivity index (χ0) is 20.1. The van der Waals surface area contributed by atoms with E-state index in [0.29, 0.717) is 22.8 Å². The number of methoxy groups -OCH3 is 2. The fraction of sp³-hybridized carbons (Fsp3) is 0.190. The Morgan fingerprint density at radius 1 is 1.04 bits per heavy atom. The van der Waals surface area contributed by atoms with Gasteiger partial charge in [0, 0.05) is 11.8 Å². The number of ether oxygens (including phenoxy) is 3. The summed E-state index contributed by atoms with van der Waals surface area (Å²) < 4.78 is 17.4. The number of para-hydroxylation sites is 1. The van der Waals surface area contributed by atoms with Gasteiger partial charge in [-0.15, -0.1) is 0 Å². The van der Waals surface area contributed by atoms with E-state index in [1.54, 1.807) is 36.2 Å². The lowest BCUT2D eigenvalue weighted by Gasteiger charge is -2.10. The van der Waals surface area contributed by atoms with Crippen molar-refractivity contribution in [3.05, 3.63) is 60.3 Å². The monoisotopic (exact) mass is 380 g/mol. The van der Waals surface area contributed by atoms with Gasteiger partial charge in [-0.25, -0.2) is 9.48 Å². The average molecular weight is 380 g/mol. The molecular weight excluding hydrogens is 360 g/mol. The molecule has 0 amide bonds. The van der Waals surface area contributed by atoms with Gasteiger partial charge in [-0.1, -0.05) is 18.2 Å². The van der Waals surface area contributed by atoms with E-state index in [1.165, 1.54) is 14.0 Å². The number of rotatable bonds is 7. The summed E-state index contributed by atoms with van der Waals surface area (Å²) in [6.45, 7) is 1.05. The maximum Gasteiger partial charge on any atom is 0.342 e. The van der Waals surface area contributed by atoms with Gasteiger partial charge >= 0.3 is 5.97 Å². The van der Waals surface area contributed by atoms with Crippen LogP contribution in [0.25, 0.3) is 16.9 Å². The number of aromatic nitrogens is 2. The molecule has 0 bridgehead atoms. The van der Waals surface area contributed by atoms with E-state index in [2.05, 4.69) is 5.10 Å². The fourth-order valence-corrected chi connectivity index (χ4v) is 2.68. The first-order chi connectivity index (χ1) is 13.5. The van der Waals surface area contributed by atoms with E-state index in [-0.39, 0.29) is 18.0 Å². The topological polar surface area (TPSA) is 79.7 Å². The molecule has 0 saturated carbocycles. The summed E-state index contributed by atoms with van der Waals surface area (Å²) in [4.78, 5) is 23.9. The van der Waals surface area contributed by atoms with Crippen LogP contribution in [0.5, 0.6) is 11.5 Å². The quantitative estimate of drug-likeness (QED) is 0.585. The first-order valence-corrected chi connectivity index (χ1v) is 8.57. The van der Waals surface area contributed by atoms with E-state index in [0.717, 1.165) is 5.69 Å². The molecule has 0 radical (unpaired) electrons. The SMILES string of the molecule is COc1ccc(OC)c(-c2nn(-c3ccccc3)cc2C(=O)OCC(C)=O)c1. The second kappa shape index (κ2) is 8.39. The molecule has 0 saturated heterocycles. The lowest BCUT2D eigenvalue weighted by Crippen LogP contribution is -2.11. The summed E-state index contributed by atoms with van der Waals surface area (Å²) in [5, 5.41) is 4.58. The van der Waals surface area contributed by atoms with Crippen LogP contribution in [0.15, 0.2) is 54.7 Å². The Balaban J connectivity index is 2.14. The predicted molar refractivity (Wildman–Crippen MR) is 103 cm³/mol. The number of ketones is 1. The highest BCUT2D eigenvalue weighted by Gasteiger charge is 2.23. The molecule has 2 aromatic carbocycles. The van der Waals surface area contributed by atoms with E-state index in [1.807, 2.05) is 30.3 Å². The summed E-state index contributed by atoms with van der Waals surface area (Å²) in [5.41, 5.74) is 1.94. The van der Waals surface area contributed by atoms with Crippen molar-refractivity contribution in [3.8, 4) is 28.4 Å². The molecule has 0 aliphatic carbocycles. The Hall–Kier alpha value is -3.61. The second-order valence-corrected chi connectivity index (χ2v) is 6.02. The molecule has 0 fully saturated rings. The highest BCUT2D eigenvalue weighted by Crippen LogP contribution is 2.35. The zero-order valence-electron chi connectivity index (χ0n) is 15.8. The molecule has 28 heavy (non-hydrogen) atoms. The van der Waals surface area contributed by atoms with Crippen molar-refractivity contribution in [1.29, 1.82) is 0 Å². The van der Waals surface area contributed by atoms with Gasteiger partial charge in [-0.05, 0) is 37.3 Å². The van der Waals surface area contributed by atoms with Crippen LogP contribution in [0, 0.1) is 0 Å². The maximum atomic E-state index is 12.6. The molecule has 0 aliphatic rings. The Morgan fingerprint density at radius 2 is 1.79 bits per heavy atom. The van der Waals surface area contributed by atoms with Gasteiger partial charge in [-0.2, -0.15) is 5.10 Å². The molecule has 7 heteroatoms. The fourth-order valence-electron chi connectivity index (χ4n) is 2.68. The molecule has 0 unspecified atom stereocenters. The van der Waals surface area contributed by atoms with Crippen molar-refractivity contribution in [3.63, 3.8) is 0 Å². The number of nitrogens with zero attached hydrogens (tertiary/aromatic N) is 2. The maximum absolute atomic E-state index is 12.6. The van der Waals surface area contributed by atoms with E-state index < -0.39 is 5.97 Å². The van der Waals surface area contributed by atoms with Gasteiger partial charge in [0.2, 0.25) is 0 Å². The van der Waals surface area contributed by atoms with E-state index in [9.17, 15) is 9.59 Å². The summed E-state index contributed by atoms with van der Waals surface area (Å²) in [5.74, 6) is 0.231. The summed E-state index contributed by atoms with van der Waals surface area (Å²) >= 11 is 0. The average Bonchev–Trinajstić information content (AvgIpc) is 3.17. The van der Waals surface area contributed by atoms with Crippen LogP contribution >= 0.6 is 0 Å². The number of esters is 1. The molecule has 0 aliphatic heterocycles. The molecule has 0 atom stereocenters. The van der Waals surface area contributed by atoms with E-state index >= 15 is 0 Å². The van der Waals surface area contributed by atoms with Gasteiger partial charge in [-0.3, -0.25) is 4.79 Å². The number of hydrogen-bond acceptors (Lipinski definition) is 6. The number of carbonyl (C=O) groups is 2. The first kappa shape index (κ1) is 19.2. The van der Waals surface area contributed by atoms with Crippen LogP contribution in [0.3, 0.4) is 0 Å². The summed E-state index contributed by atoms with van der Waals surface area (Å²) in [7, 11) is 3.09. The number of benzene rings is 2. The van der Waals surface area contributed by atoms with Crippen molar-refractivity contribution >= 4 is 11.8 Å². The van der Waals surface area contributed by atoms with Crippen LogP contribution in [0.1, 0.15) is 17.3 Å². The third-order valence-electron chi connectivity index (χ3n) is 4.02. The summed E-state index contributed by atoms with van der Waals surface area (Å²) in [6, 6.07) is 14.6. The van der Waals surface area contributed by atoms with Gasteiger partial charge < -0.3 is 14.2 Å². The van der Waals surface area contributed by atoms with Gasteiger partial charge in [0.25, 0.3) is 0 Å². The molecule has 3 aromatic rings. The van der Waals surface area contributed by atoms with Gasteiger partial charge in [0.15, 0.2) is 5.78 Å². The smallest absolute Gasteiger partial charge is 0.342 e. The molecule has 3 rings (SSSR count). The van der Waals surface area contributed by atoms with Crippen molar-refractivity contribution < 1.29 is 23.8 Å². The van der Waals surface area contributed by atoms with Crippen molar-refractivity contribution in [1.82, 2.24) is 9.78 Å². The number of Topliss-reactive ketones (excluding diaryl/α,β-unsaturated/α-hetero) is 1. The zero-order valence-corrected chi connectivity index (χ0v) is 15.8. The Labute approximate surface area is 162 Å². The minimum atomic E-state index is -0.641. The first-order valence-electron chi connectivity index (χ1n) is 8.57. The number of carbonyl (C=O) groups excluding carboxylic acids is 2. The number of hydrogen-bond donors (Lipinski definition) is 0. The molecule has 1 heterocycles. The normalized spacial score (nSPS) is 10.4. The predicted octanol–water partition coefficient (Wildman–Crippen LogP) is 3.30. The van der Waals surface area contributed by atoms with Gasteiger partial charge in [0.1, 0.15) is 29.4 Å². The van der Waals surface area contributed by atoms with Crippen LogP contribution in [-0.2, 0) is 9.53 Å². The molecule has 144 valence electrons. The molecule has 0 N–H and O–H groups in total. The lowest BCUT2D eigenvalue weighted by atomic mass is 10.1. The van der Waals surface area contributed by atoms with Crippen LogP contribution in [0.4, 0.5) is 0 Å². The van der Waals surface area contributed by atoms with E-state index in [4.69, 9.17) is 14.2 Å². The van der Waals surface area contributed by atoms with Crippen molar-refractivity contribution in [2.45, 2.75) is 6.92 Å². The minimum Gasteiger partial charge on any atom is -0.497 e. The Bertz CT molecular complexity index is 995. The highest BCUT2D eigenvalue weighted by molar-refractivity contribution is 5.98. The highest BCUT2D eigenvalue weighted by atomic mass is 16.5. The van der Waals surface area contributed by atoms with Crippen molar-refractivity contribution in [2.24, 2.45) is 0 Å². The van der Waals surface area contributed by atoms with Crippen LogP contribution in [-0.4, -0.2) is 42.4 Å². The molecular formula is C21H20N2O5.